The number of ether oxygens (including phenoxy) is 5. The van der Waals surface area contributed by atoms with Crippen molar-refractivity contribution in [1.29, 1.82) is 0 Å². The SMILES string of the molecule is CC(=O)OC[C@H]1S[C@@H](Oc2ncn(-c3ccccc3)n2)[C@H](OC(C)=O)[C@@H](OC(C)=O)[C@@H]1OC(C)=O. The molecule has 35 heavy (non-hydrogen) atoms. The van der Waals surface area contributed by atoms with E-state index >= 15 is 0 Å². The molecule has 5 atom stereocenters. The Morgan fingerprint density at radius 1 is 0.857 bits per heavy atom. The van der Waals surface area contributed by atoms with Gasteiger partial charge in [0.05, 0.1) is 10.9 Å². The molecule has 0 aliphatic carbocycles. The Bertz CT molecular complexity index is 1060. The van der Waals surface area contributed by atoms with Gasteiger partial charge in [0.25, 0.3) is 0 Å². The van der Waals surface area contributed by atoms with Crippen LogP contribution in [0.4, 0.5) is 0 Å². The molecule has 0 radical (unpaired) electrons. The highest BCUT2D eigenvalue weighted by Crippen LogP contribution is 2.38. The van der Waals surface area contributed by atoms with Crippen molar-refractivity contribution in [1.82, 2.24) is 14.8 Å². The summed E-state index contributed by atoms with van der Waals surface area (Å²) in [4.78, 5) is 51.2. The third-order valence-electron chi connectivity index (χ3n) is 4.66. The van der Waals surface area contributed by atoms with E-state index in [-0.39, 0.29) is 12.6 Å². The Hall–Kier alpha value is -3.61. The number of para-hydroxylation sites is 1. The first-order valence-corrected chi connectivity index (χ1v) is 11.5. The van der Waals surface area contributed by atoms with Crippen LogP contribution in [0.25, 0.3) is 5.69 Å². The molecule has 0 spiro atoms. The van der Waals surface area contributed by atoms with Gasteiger partial charge in [-0.15, -0.1) is 16.9 Å². The summed E-state index contributed by atoms with van der Waals surface area (Å²) in [5.41, 5.74) is -0.259. The van der Waals surface area contributed by atoms with Crippen molar-refractivity contribution < 1.29 is 42.9 Å². The molecule has 2 heterocycles. The molecule has 13 heteroatoms. The van der Waals surface area contributed by atoms with E-state index in [0.29, 0.717) is 0 Å². The van der Waals surface area contributed by atoms with E-state index in [2.05, 4.69) is 10.1 Å². The van der Waals surface area contributed by atoms with Crippen LogP contribution in [0.2, 0.25) is 0 Å². The average molecular weight is 508 g/mol. The second kappa shape index (κ2) is 11.7. The van der Waals surface area contributed by atoms with Crippen LogP contribution in [0.5, 0.6) is 6.01 Å². The fourth-order valence-corrected chi connectivity index (χ4v) is 4.76. The number of hydrogen-bond acceptors (Lipinski definition) is 12. The highest BCUT2D eigenvalue weighted by atomic mass is 32.2. The van der Waals surface area contributed by atoms with E-state index in [9.17, 15) is 19.2 Å². The number of hydrogen-bond donors (Lipinski definition) is 0. The molecule has 1 aromatic heterocycles. The molecule has 12 nitrogen and oxygen atoms in total. The number of thioether (sulfide) groups is 1. The summed E-state index contributed by atoms with van der Waals surface area (Å²) in [6, 6.07) is 9.14. The number of carbonyl (C=O) groups is 4. The summed E-state index contributed by atoms with van der Waals surface area (Å²) in [7, 11) is 0. The van der Waals surface area contributed by atoms with Crippen LogP contribution in [-0.4, -0.2) is 74.2 Å². The van der Waals surface area contributed by atoms with Gasteiger partial charge in [0.1, 0.15) is 12.9 Å². The van der Waals surface area contributed by atoms with Crippen LogP contribution in [0, 0.1) is 0 Å². The molecule has 0 saturated carbocycles. The maximum atomic E-state index is 11.9. The average Bonchev–Trinajstić information content (AvgIpc) is 3.25. The summed E-state index contributed by atoms with van der Waals surface area (Å²) < 4.78 is 28.8. The molecule has 0 unspecified atom stereocenters. The lowest BCUT2D eigenvalue weighted by molar-refractivity contribution is -0.190. The van der Waals surface area contributed by atoms with Crippen LogP contribution in [-0.2, 0) is 38.1 Å². The highest BCUT2D eigenvalue weighted by Gasteiger charge is 2.53. The molecule has 1 aliphatic rings. The number of benzene rings is 1. The van der Waals surface area contributed by atoms with Crippen LogP contribution in [0.15, 0.2) is 36.7 Å². The minimum Gasteiger partial charge on any atom is -0.465 e. The number of esters is 4. The standard InChI is InChI=1S/C22H25N3O9S/c1-12(26)30-10-17-18(31-13(2)27)19(32-14(3)28)20(33-15(4)29)21(35-17)34-22-23-11-25(24-22)16-8-6-5-7-9-16/h5-9,11,17-21H,10H2,1-4H3/t17-,18-,19+,20-,21-/m1/s1. The Morgan fingerprint density at radius 2 is 1.46 bits per heavy atom. The molecule has 1 saturated heterocycles. The predicted octanol–water partition coefficient (Wildman–Crippen LogP) is 1.45. The molecule has 188 valence electrons. The number of aromatic nitrogens is 3. The molecule has 1 aliphatic heterocycles. The Labute approximate surface area is 205 Å². The smallest absolute Gasteiger partial charge is 0.337 e. The lowest BCUT2D eigenvalue weighted by Crippen LogP contribution is -2.59. The van der Waals surface area contributed by atoms with Crippen molar-refractivity contribution in [2.75, 3.05) is 6.61 Å². The van der Waals surface area contributed by atoms with Crippen molar-refractivity contribution in [3.63, 3.8) is 0 Å². The Kier molecular flexibility index (Phi) is 8.68. The van der Waals surface area contributed by atoms with E-state index in [1.54, 1.807) is 0 Å². The first kappa shape index (κ1) is 26.0. The van der Waals surface area contributed by atoms with E-state index < -0.39 is 52.9 Å². The summed E-state index contributed by atoms with van der Waals surface area (Å²) in [5.74, 6) is -2.60. The van der Waals surface area contributed by atoms with Gasteiger partial charge < -0.3 is 23.7 Å². The highest BCUT2D eigenvalue weighted by molar-refractivity contribution is 8.00. The minimum atomic E-state index is -1.25. The molecule has 2 aromatic rings. The summed E-state index contributed by atoms with van der Waals surface area (Å²) >= 11 is 1.07. The zero-order chi connectivity index (χ0) is 25.5. The van der Waals surface area contributed by atoms with Crippen LogP contribution >= 0.6 is 11.8 Å². The van der Waals surface area contributed by atoms with Crippen molar-refractivity contribution in [3.8, 4) is 11.7 Å². The van der Waals surface area contributed by atoms with Gasteiger partial charge in [-0.2, -0.15) is 4.98 Å². The van der Waals surface area contributed by atoms with Crippen LogP contribution < -0.4 is 4.74 Å². The second-order valence-electron chi connectivity index (χ2n) is 7.49. The third-order valence-corrected chi connectivity index (χ3v) is 6.05. The molecule has 1 fully saturated rings. The maximum Gasteiger partial charge on any atom is 0.337 e. The predicted molar refractivity (Wildman–Crippen MR) is 120 cm³/mol. The maximum absolute atomic E-state index is 11.9. The molecular weight excluding hydrogens is 482 g/mol. The summed E-state index contributed by atoms with van der Waals surface area (Å²) in [6.45, 7) is 4.57. The van der Waals surface area contributed by atoms with Gasteiger partial charge in [-0.05, 0) is 12.1 Å². The lowest BCUT2D eigenvalue weighted by Gasteiger charge is -2.43. The molecule has 3 rings (SSSR count). The topological polar surface area (TPSA) is 145 Å². The Balaban J connectivity index is 1.94. The fraction of sp³-hybridized carbons (Fsp3) is 0.455. The lowest BCUT2D eigenvalue weighted by atomic mass is 10.0. The first-order valence-electron chi connectivity index (χ1n) is 10.6. The monoisotopic (exact) mass is 507 g/mol. The van der Waals surface area contributed by atoms with Crippen LogP contribution in [0.1, 0.15) is 27.7 Å². The van der Waals surface area contributed by atoms with Gasteiger partial charge in [-0.1, -0.05) is 18.2 Å². The van der Waals surface area contributed by atoms with E-state index in [0.717, 1.165) is 24.4 Å². The molecule has 1 aromatic carbocycles. The van der Waals surface area contributed by atoms with Crippen LogP contribution in [0.3, 0.4) is 0 Å². The van der Waals surface area contributed by atoms with Gasteiger partial charge in [-0.3, -0.25) is 19.2 Å². The molecular formula is C22H25N3O9S. The Morgan fingerprint density at radius 3 is 2.06 bits per heavy atom. The van der Waals surface area contributed by atoms with Gasteiger partial charge in [0.15, 0.2) is 23.7 Å². The van der Waals surface area contributed by atoms with Gasteiger partial charge in [0.2, 0.25) is 0 Å². The fourth-order valence-electron chi connectivity index (χ4n) is 3.39. The first-order chi connectivity index (χ1) is 16.6. The van der Waals surface area contributed by atoms with Gasteiger partial charge >= 0.3 is 29.9 Å². The number of nitrogens with zero attached hydrogens (tertiary/aromatic N) is 3. The van der Waals surface area contributed by atoms with Crippen molar-refractivity contribution >= 4 is 35.6 Å². The number of carbonyl (C=O) groups excluding carboxylic acids is 4. The van der Waals surface area contributed by atoms with Crippen molar-refractivity contribution in [2.45, 2.75) is 56.7 Å². The minimum absolute atomic E-state index is 0.0396. The molecule has 0 bridgehead atoms. The summed E-state index contributed by atoms with van der Waals surface area (Å²) in [6.07, 6.45) is -2.09. The zero-order valence-corrected chi connectivity index (χ0v) is 20.3. The summed E-state index contributed by atoms with van der Waals surface area (Å²) in [5, 5.41) is 3.57. The number of rotatable bonds is 8. The largest absolute Gasteiger partial charge is 0.465 e. The molecule has 0 N–H and O–H groups in total. The molecule has 0 amide bonds. The second-order valence-corrected chi connectivity index (χ2v) is 8.84. The normalized spacial score (nSPS) is 23.6. The third kappa shape index (κ3) is 7.18. The van der Waals surface area contributed by atoms with Crippen molar-refractivity contribution in [3.05, 3.63) is 36.7 Å². The van der Waals surface area contributed by atoms with Crippen molar-refractivity contribution in [2.24, 2.45) is 0 Å². The van der Waals surface area contributed by atoms with E-state index in [1.165, 1.54) is 31.8 Å². The van der Waals surface area contributed by atoms with Gasteiger partial charge in [-0.25, -0.2) is 4.68 Å². The van der Waals surface area contributed by atoms with E-state index in [4.69, 9.17) is 23.7 Å². The van der Waals surface area contributed by atoms with Gasteiger partial charge in [0, 0.05) is 27.7 Å². The quantitative estimate of drug-likeness (QED) is 0.376. The zero-order valence-electron chi connectivity index (χ0n) is 19.5. The van der Waals surface area contributed by atoms with E-state index in [1.807, 2.05) is 30.3 Å².